The quantitative estimate of drug-likeness (QED) is 0.768. The lowest BCUT2D eigenvalue weighted by Gasteiger charge is -2.07. The van der Waals surface area contributed by atoms with Crippen LogP contribution in [0.15, 0.2) is 24.3 Å². The van der Waals surface area contributed by atoms with Crippen LogP contribution in [0.5, 0.6) is 5.75 Å². The molecule has 22 heavy (non-hydrogen) atoms. The second kappa shape index (κ2) is 6.38. The van der Waals surface area contributed by atoms with Crippen LogP contribution in [-0.4, -0.2) is 30.1 Å². The van der Waals surface area contributed by atoms with Crippen molar-refractivity contribution in [2.45, 2.75) is 25.7 Å². The molecule has 0 bridgehead atoms. The van der Waals surface area contributed by atoms with Gasteiger partial charge in [0.15, 0.2) is 6.61 Å². The highest BCUT2D eigenvalue weighted by molar-refractivity contribution is 5.81. The number of aliphatic carboxylic acids is 1. The molecule has 2 fully saturated rings. The topological polar surface area (TPSA) is 75.6 Å². The Morgan fingerprint density at radius 1 is 1.23 bits per heavy atom. The van der Waals surface area contributed by atoms with Crippen molar-refractivity contribution in [1.82, 2.24) is 5.32 Å². The van der Waals surface area contributed by atoms with Crippen molar-refractivity contribution in [3.63, 3.8) is 0 Å². The van der Waals surface area contributed by atoms with Crippen molar-refractivity contribution < 1.29 is 19.4 Å². The third-order valence-electron chi connectivity index (χ3n) is 4.40. The molecule has 1 amide bonds. The Kier molecular flexibility index (Phi) is 4.32. The predicted molar refractivity (Wildman–Crippen MR) is 80.6 cm³/mol. The molecule has 118 valence electrons. The summed E-state index contributed by atoms with van der Waals surface area (Å²) in [5.74, 6) is 1.51. The van der Waals surface area contributed by atoms with Gasteiger partial charge in [0, 0.05) is 12.5 Å². The average molecular weight is 303 g/mol. The molecule has 2 N–H and O–H groups in total. The number of rotatable bonds is 8. The van der Waals surface area contributed by atoms with Gasteiger partial charge in [-0.3, -0.25) is 4.79 Å². The highest BCUT2D eigenvalue weighted by atomic mass is 16.5. The molecule has 3 rings (SSSR count). The normalized spacial score (nSPS) is 22.9. The van der Waals surface area contributed by atoms with Gasteiger partial charge >= 0.3 is 5.97 Å². The smallest absolute Gasteiger partial charge is 0.341 e. The van der Waals surface area contributed by atoms with Gasteiger partial charge in [-0.15, -0.1) is 0 Å². The highest BCUT2D eigenvalue weighted by Gasteiger charge is 2.50. The molecule has 0 spiro atoms. The van der Waals surface area contributed by atoms with Crippen LogP contribution in [-0.2, 0) is 16.0 Å². The zero-order valence-corrected chi connectivity index (χ0v) is 12.5. The summed E-state index contributed by atoms with van der Waals surface area (Å²) >= 11 is 0. The predicted octanol–water partition coefficient (Wildman–Crippen LogP) is 1.85. The number of carbonyl (C=O) groups is 2. The van der Waals surface area contributed by atoms with E-state index in [1.807, 2.05) is 12.1 Å². The molecule has 2 saturated carbocycles. The van der Waals surface area contributed by atoms with Crippen molar-refractivity contribution in [3.8, 4) is 5.75 Å². The first kappa shape index (κ1) is 14.9. The van der Waals surface area contributed by atoms with Crippen LogP contribution in [0.2, 0.25) is 0 Å². The minimum Gasteiger partial charge on any atom is -0.482 e. The molecule has 2 aliphatic carbocycles. The Balaban J connectivity index is 1.36. The van der Waals surface area contributed by atoms with Crippen LogP contribution < -0.4 is 10.1 Å². The molecular formula is C17H21NO4. The van der Waals surface area contributed by atoms with Gasteiger partial charge < -0.3 is 15.2 Å². The molecule has 2 unspecified atom stereocenters. The number of benzene rings is 1. The summed E-state index contributed by atoms with van der Waals surface area (Å²) in [5.41, 5.74) is 1.09. The van der Waals surface area contributed by atoms with Crippen LogP contribution in [0.3, 0.4) is 0 Å². The van der Waals surface area contributed by atoms with E-state index in [2.05, 4.69) is 5.32 Å². The first-order chi connectivity index (χ1) is 10.6. The maximum atomic E-state index is 12.0. The summed E-state index contributed by atoms with van der Waals surface area (Å²) < 4.78 is 5.08. The number of hydrogen-bond acceptors (Lipinski definition) is 3. The fraction of sp³-hybridized carbons (Fsp3) is 0.529. The summed E-state index contributed by atoms with van der Waals surface area (Å²) in [5, 5.41) is 11.6. The largest absolute Gasteiger partial charge is 0.482 e. The number of nitrogens with one attached hydrogen (secondary N) is 1. The molecular weight excluding hydrogens is 282 g/mol. The third kappa shape index (κ3) is 4.00. The molecule has 0 heterocycles. The van der Waals surface area contributed by atoms with E-state index in [9.17, 15) is 9.59 Å². The van der Waals surface area contributed by atoms with E-state index >= 15 is 0 Å². The van der Waals surface area contributed by atoms with E-state index in [4.69, 9.17) is 9.84 Å². The van der Waals surface area contributed by atoms with E-state index < -0.39 is 5.97 Å². The second-order valence-electron chi connectivity index (χ2n) is 6.21. The third-order valence-corrected chi connectivity index (χ3v) is 4.40. The van der Waals surface area contributed by atoms with Crippen LogP contribution in [0.25, 0.3) is 0 Å². The number of amides is 1. The van der Waals surface area contributed by atoms with Gasteiger partial charge in [-0.25, -0.2) is 4.79 Å². The molecule has 0 saturated heterocycles. The molecule has 0 aliphatic heterocycles. The van der Waals surface area contributed by atoms with Crippen molar-refractivity contribution in [1.29, 1.82) is 0 Å². The first-order valence-corrected chi connectivity index (χ1v) is 7.85. The summed E-state index contributed by atoms with van der Waals surface area (Å²) in [6.45, 7) is 0.307. The van der Waals surface area contributed by atoms with E-state index in [0.717, 1.165) is 24.3 Å². The molecule has 5 nitrogen and oxygen atoms in total. The number of carbonyl (C=O) groups excluding carboxylic acids is 1. The second-order valence-corrected chi connectivity index (χ2v) is 6.21. The van der Waals surface area contributed by atoms with Crippen molar-refractivity contribution in [2.24, 2.45) is 17.8 Å². The Bertz CT molecular complexity index is 550. The average Bonchev–Trinajstić information content (AvgIpc) is 3.38. The fourth-order valence-electron chi connectivity index (χ4n) is 2.92. The molecule has 0 radical (unpaired) electrons. The maximum Gasteiger partial charge on any atom is 0.341 e. The number of carboxylic acid groups (broad SMARTS) is 1. The highest BCUT2D eigenvalue weighted by Crippen LogP contribution is 2.54. The zero-order chi connectivity index (χ0) is 15.5. The van der Waals surface area contributed by atoms with Crippen molar-refractivity contribution in [2.75, 3.05) is 13.2 Å². The fourth-order valence-corrected chi connectivity index (χ4v) is 2.92. The Morgan fingerprint density at radius 2 is 1.95 bits per heavy atom. The molecule has 1 aromatic carbocycles. The molecule has 0 aromatic heterocycles. The standard InChI is InChI=1S/C17H21NO4/c19-16(20)10-22-13-5-1-11(2-6-13)7-8-18-17(21)15-9-14(15)12-3-4-12/h1-2,5-6,12,14-15H,3-4,7-10H2,(H,18,21)(H,19,20). The minimum atomic E-state index is -0.989. The molecule has 2 aliphatic rings. The number of carboxylic acids is 1. The summed E-state index contributed by atoms with van der Waals surface area (Å²) in [6, 6.07) is 7.30. The van der Waals surface area contributed by atoms with E-state index in [1.165, 1.54) is 12.8 Å². The maximum absolute atomic E-state index is 12.0. The minimum absolute atomic E-state index is 0.207. The summed E-state index contributed by atoms with van der Waals surface area (Å²) in [4.78, 5) is 22.4. The zero-order valence-electron chi connectivity index (χ0n) is 12.5. The van der Waals surface area contributed by atoms with Gasteiger partial charge in [0.2, 0.25) is 5.91 Å². The summed E-state index contributed by atoms with van der Waals surface area (Å²) in [6.07, 6.45) is 4.47. The Hall–Kier alpha value is -2.04. The van der Waals surface area contributed by atoms with E-state index in [-0.39, 0.29) is 18.4 Å². The Labute approximate surface area is 129 Å². The summed E-state index contributed by atoms with van der Waals surface area (Å²) in [7, 11) is 0. The Morgan fingerprint density at radius 3 is 2.59 bits per heavy atom. The van der Waals surface area contributed by atoms with Crippen LogP contribution >= 0.6 is 0 Å². The monoisotopic (exact) mass is 303 g/mol. The lowest BCUT2D eigenvalue weighted by atomic mass is 10.1. The van der Waals surface area contributed by atoms with Crippen LogP contribution in [0.4, 0.5) is 0 Å². The van der Waals surface area contributed by atoms with E-state index in [0.29, 0.717) is 18.2 Å². The SMILES string of the molecule is O=C(O)COc1ccc(CCNC(=O)C2CC2C2CC2)cc1. The van der Waals surface area contributed by atoms with Gasteiger partial charge in [-0.05, 0) is 55.2 Å². The van der Waals surface area contributed by atoms with Gasteiger partial charge in [-0.1, -0.05) is 12.1 Å². The lowest BCUT2D eigenvalue weighted by molar-refractivity contribution is -0.139. The lowest BCUT2D eigenvalue weighted by Crippen LogP contribution is -2.27. The van der Waals surface area contributed by atoms with Crippen LogP contribution in [0.1, 0.15) is 24.8 Å². The van der Waals surface area contributed by atoms with Gasteiger partial charge in [0.05, 0.1) is 0 Å². The first-order valence-electron chi connectivity index (χ1n) is 7.85. The number of ether oxygens (including phenoxy) is 1. The van der Waals surface area contributed by atoms with E-state index in [1.54, 1.807) is 12.1 Å². The molecule has 1 aromatic rings. The van der Waals surface area contributed by atoms with Gasteiger partial charge in [0.25, 0.3) is 0 Å². The van der Waals surface area contributed by atoms with Crippen molar-refractivity contribution in [3.05, 3.63) is 29.8 Å². The van der Waals surface area contributed by atoms with Gasteiger partial charge in [-0.2, -0.15) is 0 Å². The number of hydrogen-bond donors (Lipinski definition) is 2. The molecule has 5 heteroatoms. The van der Waals surface area contributed by atoms with Crippen LogP contribution in [0, 0.1) is 17.8 Å². The molecule has 2 atom stereocenters. The van der Waals surface area contributed by atoms with Gasteiger partial charge in [0.1, 0.15) is 5.75 Å². The van der Waals surface area contributed by atoms with Crippen molar-refractivity contribution >= 4 is 11.9 Å².